The monoisotopic (exact) mass is 330 g/mol. The van der Waals surface area contributed by atoms with Gasteiger partial charge in [0.25, 0.3) is 0 Å². The fraction of sp³-hybridized carbons (Fsp3) is 0.818. The van der Waals surface area contributed by atoms with E-state index in [0.717, 1.165) is 51.4 Å². The van der Waals surface area contributed by atoms with Crippen molar-refractivity contribution in [2.45, 2.75) is 111 Å². The van der Waals surface area contributed by atoms with Gasteiger partial charge < -0.3 is 0 Å². The highest BCUT2D eigenvalue weighted by Gasteiger charge is 2.45. The smallest absolute Gasteiger partial charge is 0.0983 e. The number of unbranched alkanes of at least 4 members (excludes halogenated alkanes) is 1. The van der Waals surface area contributed by atoms with Crippen LogP contribution in [0.4, 0.5) is 0 Å². The van der Waals surface area contributed by atoms with Gasteiger partial charge in [0, 0.05) is 5.71 Å². The maximum absolute atomic E-state index is 9.93. The van der Waals surface area contributed by atoms with Crippen molar-refractivity contribution in [1.82, 2.24) is 0 Å². The molecule has 0 aliphatic carbocycles. The van der Waals surface area contributed by atoms with E-state index in [9.17, 15) is 5.26 Å². The zero-order chi connectivity index (χ0) is 18.0. The van der Waals surface area contributed by atoms with Crippen molar-refractivity contribution in [3.63, 3.8) is 0 Å². The fourth-order valence-corrected chi connectivity index (χ4v) is 4.27. The molecule has 2 unspecified atom stereocenters. The first-order valence-electron chi connectivity index (χ1n) is 10.4. The van der Waals surface area contributed by atoms with Crippen LogP contribution in [0, 0.1) is 17.2 Å². The molecule has 1 heterocycles. The molecule has 0 saturated heterocycles. The number of rotatable bonds is 12. The summed E-state index contributed by atoms with van der Waals surface area (Å²) in [5, 5.41) is 9.93. The molecule has 0 aromatic heterocycles. The number of aliphatic imine (C=N–C) groups is 1. The van der Waals surface area contributed by atoms with Crippen LogP contribution in [0.5, 0.6) is 0 Å². The lowest BCUT2D eigenvalue weighted by Gasteiger charge is -2.34. The van der Waals surface area contributed by atoms with Crippen LogP contribution < -0.4 is 0 Å². The molecule has 0 N–H and O–H groups in total. The maximum Gasteiger partial charge on any atom is 0.0983 e. The molecule has 1 rings (SSSR count). The van der Waals surface area contributed by atoms with Gasteiger partial charge in [-0.1, -0.05) is 66.7 Å². The predicted molar refractivity (Wildman–Crippen MR) is 105 cm³/mol. The third-order valence-corrected chi connectivity index (χ3v) is 5.28. The minimum atomic E-state index is -0.219. The van der Waals surface area contributed by atoms with Crippen molar-refractivity contribution in [3.8, 4) is 6.07 Å². The van der Waals surface area contributed by atoms with E-state index in [0.29, 0.717) is 0 Å². The molecule has 0 bridgehead atoms. The lowest BCUT2D eigenvalue weighted by atomic mass is 9.72. The standard InChI is InChI=1S/C22H38N2/c1-6-11-15-21-19(13-8-3)20(14-9-4)22(24-21,16-10-5)18(17-23)12-7-2/h18H,6-16H2,1-5H3. The first-order chi connectivity index (χ1) is 11.6. The summed E-state index contributed by atoms with van der Waals surface area (Å²) in [5.41, 5.74) is 4.17. The van der Waals surface area contributed by atoms with Crippen LogP contribution in [0.3, 0.4) is 0 Å². The van der Waals surface area contributed by atoms with Gasteiger partial charge in [0.2, 0.25) is 0 Å². The molecule has 2 heteroatoms. The highest BCUT2D eigenvalue weighted by Crippen LogP contribution is 2.47. The molecule has 136 valence electrons. The van der Waals surface area contributed by atoms with Crippen molar-refractivity contribution in [2.75, 3.05) is 0 Å². The molecule has 0 aromatic carbocycles. The van der Waals surface area contributed by atoms with Gasteiger partial charge in [-0.15, -0.1) is 0 Å². The Kier molecular flexibility index (Phi) is 9.34. The first kappa shape index (κ1) is 20.9. The summed E-state index contributed by atoms with van der Waals surface area (Å²) in [7, 11) is 0. The lowest BCUT2D eigenvalue weighted by molar-refractivity contribution is 0.333. The Bertz CT molecular complexity index is 481. The Labute approximate surface area is 150 Å². The summed E-state index contributed by atoms with van der Waals surface area (Å²) in [4.78, 5) is 5.36. The zero-order valence-electron chi connectivity index (χ0n) is 16.7. The van der Waals surface area contributed by atoms with Gasteiger partial charge >= 0.3 is 0 Å². The van der Waals surface area contributed by atoms with Crippen LogP contribution in [0.2, 0.25) is 0 Å². The Hall–Kier alpha value is -1.10. The van der Waals surface area contributed by atoms with E-state index in [-0.39, 0.29) is 11.5 Å². The molecule has 24 heavy (non-hydrogen) atoms. The molecule has 0 aromatic rings. The van der Waals surface area contributed by atoms with Crippen LogP contribution in [0.15, 0.2) is 16.1 Å². The van der Waals surface area contributed by atoms with Crippen molar-refractivity contribution in [2.24, 2.45) is 10.9 Å². The Morgan fingerprint density at radius 3 is 2.12 bits per heavy atom. The predicted octanol–water partition coefficient (Wildman–Crippen LogP) is 7.01. The van der Waals surface area contributed by atoms with E-state index in [2.05, 4.69) is 40.7 Å². The molecule has 2 atom stereocenters. The minimum absolute atomic E-state index is 0.0370. The van der Waals surface area contributed by atoms with Crippen LogP contribution in [-0.2, 0) is 0 Å². The third kappa shape index (κ3) is 4.50. The normalized spacial score (nSPS) is 21.8. The van der Waals surface area contributed by atoms with Crippen LogP contribution >= 0.6 is 0 Å². The molecule has 0 amide bonds. The second-order valence-corrected chi connectivity index (χ2v) is 7.26. The summed E-state index contributed by atoms with van der Waals surface area (Å²) in [6, 6.07) is 2.66. The molecule has 2 nitrogen and oxygen atoms in total. The molecule has 1 aliphatic rings. The largest absolute Gasteiger partial charge is 0.277 e. The van der Waals surface area contributed by atoms with Gasteiger partial charge in [0.05, 0.1) is 17.5 Å². The summed E-state index contributed by atoms with van der Waals surface area (Å²) < 4.78 is 0. The molecule has 0 fully saturated rings. The minimum Gasteiger partial charge on any atom is -0.277 e. The van der Waals surface area contributed by atoms with Crippen molar-refractivity contribution in [3.05, 3.63) is 11.1 Å². The van der Waals surface area contributed by atoms with E-state index in [1.54, 1.807) is 0 Å². The highest BCUT2D eigenvalue weighted by molar-refractivity contribution is 6.03. The molecule has 0 spiro atoms. The van der Waals surface area contributed by atoms with Crippen molar-refractivity contribution < 1.29 is 0 Å². The van der Waals surface area contributed by atoms with E-state index in [1.807, 2.05) is 0 Å². The van der Waals surface area contributed by atoms with Crippen LogP contribution in [0.1, 0.15) is 105 Å². The maximum atomic E-state index is 9.93. The topological polar surface area (TPSA) is 36.1 Å². The summed E-state index contributed by atoms with van der Waals surface area (Å²) >= 11 is 0. The third-order valence-electron chi connectivity index (χ3n) is 5.28. The molecule has 0 radical (unpaired) electrons. The van der Waals surface area contributed by atoms with Crippen molar-refractivity contribution in [1.29, 1.82) is 5.26 Å². The van der Waals surface area contributed by atoms with Gasteiger partial charge in [-0.05, 0) is 49.7 Å². The second-order valence-electron chi connectivity index (χ2n) is 7.26. The number of hydrogen-bond acceptors (Lipinski definition) is 2. The summed E-state index contributed by atoms with van der Waals surface area (Å²) in [6.45, 7) is 11.2. The van der Waals surface area contributed by atoms with Crippen LogP contribution in [-0.4, -0.2) is 11.3 Å². The average Bonchev–Trinajstić information content (AvgIpc) is 2.86. The molecule has 0 saturated carbocycles. The number of hydrogen-bond donors (Lipinski definition) is 0. The second kappa shape index (κ2) is 10.7. The first-order valence-corrected chi connectivity index (χ1v) is 10.4. The molecule has 1 aliphatic heterocycles. The Balaban J connectivity index is 3.44. The van der Waals surface area contributed by atoms with Crippen LogP contribution in [0.25, 0.3) is 0 Å². The number of allylic oxidation sites excluding steroid dienone is 1. The quantitative estimate of drug-likeness (QED) is 0.379. The van der Waals surface area contributed by atoms with Gasteiger partial charge in [-0.2, -0.15) is 5.26 Å². The molecular formula is C22H38N2. The Morgan fingerprint density at radius 2 is 1.62 bits per heavy atom. The molecular weight excluding hydrogens is 292 g/mol. The summed E-state index contributed by atoms with van der Waals surface area (Å²) in [6.07, 6.45) is 12.2. The van der Waals surface area contributed by atoms with Gasteiger partial charge in [0.15, 0.2) is 0 Å². The SMILES string of the molecule is CCCCC1=NC(CCC)(C(C#N)CCC)C(CCC)=C1CCC. The lowest BCUT2D eigenvalue weighted by Crippen LogP contribution is -2.36. The van der Waals surface area contributed by atoms with Gasteiger partial charge in [-0.25, -0.2) is 0 Å². The average molecular weight is 331 g/mol. The fourth-order valence-electron chi connectivity index (χ4n) is 4.27. The van der Waals surface area contributed by atoms with Crippen molar-refractivity contribution >= 4 is 5.71 Å². The number of nitrogens with zero attached hydrogens (tertiary/aromatic N) is 2. The van der Waals surface area contributed by atoms with E-state index in [4.69, 9.17) is 4.99 Å². The summed E-state index contributed by atoms with van der Waals surface area (Å²) in [5.74, 6) is 0.0370. The Morgan fingerprint density at radius 1 is 0.917 bits per heavy atom. The highest BCUT2D eigenvalue weighted by atomic mass is 14.9. The van der Waals surface area contributed by atoms with Gasteiger partial charge in [-0.3, -0.25) is 4.99 Å². The van der Waals surface area contributed by atoms with Gasteiger partial charge in [0.1, 0.15) is 0 Å². The zero-order valence-corrected chi connectivity index (χ0v) is 16.7. The van der Waals surface area contributed by atoms with E-state index >= 15 is 0 Å². The van der Waals surface area contributed by atoms with E-state index in [1.165, 1.54) is 36.1 Å². The number of nitriles is 1. The van der Waals surface area contributed by atoms with E-state index < -0.39 is 0 Å².